The van der Waals surface area contributed by atoms with Crippen molar-refractivity contribution < 1.29 is 14.3 Å². The van der Waals surface area contributed by atoms with Gasteiger partial charge in [-0.1, -0.05) is 43.6 Å². The van der Waals surface area contributed by atoms with E-state index >= 15 is 0 Å². The molecule has 0 aliphatic rings. The van der Waals surface area contributed by atoms with E-state index in [1.807, 2.05) is 44.2 Å². The number of hydrogen-bond donors (Lipinski definition) is 2. The number of benzene rings is 1. The summed E-state index contributed by atoms with van der Waals surface area (Å²) >= 11 is 6.43. The predicted molar refractivity (Wildman–Crippen MR) is 109 cm³/mol. The van der Waals surface area contributed by atoms with Crippen LogP contribution in [-0.2, 0) is 4.74 Å². The van der Waals surface area contributed by atoms with Crippen molar-refractivity contribution >= 4 is 23.6 Å². The molecule has 2 N–H and O–H groups in total. The summed E-state index contributed by atoms with van der Waals surface area (Å²) in [5.74, 6) is 0.0130. The Morgan fingerprint density at radius 1 is 1.25 bits per heavy atom. The predicted octanol–water partition coefficient (Wildman–Crippen LogP) is 3.72. The van der Waals surface area contributed by atoms with Gasteiger partial charge in [0.25, 0.3) is 5.91 Å². The smallest absolute Gasteiger partial charge is 0.407 e. The Balaban J connectivity index is 2.11. The van der Waals surface area contributed by atoms with Crippen molar-refractivity contribution in [3.8, 4) is 5.69 Å². The maximum Gasteiger partial charge on any atom is 0.407 e. The number of nitrogens with zero attached hydrogens (tertiary/aromatic N) is 2. The van der Waals surface area contributed by atoms with Crippen molar-refractivity contribution in [3.05, 3.63) is 46.7 Å². The highest BCUT2D eigenvalue weighted by Crippen LogP contribution is 2.23. The molecule has 0 saturated carbocycles. The van der Waals surface area contributed by atoms with E-state index in [0.29, 0.717) is 30.2 Å². The normalized spacial score (nSPS) is 11.9. The zero-order chi connectivity index (χ0) is 20.7. The van der Waals surface area contributed by atoms with E-state index in [4.69, 9.17) is 16.3 Å². The number of nitrogens with one attached hydrogen (secondary N) is 2. The average Bonchev–Trinajstić information content (AvgIpc) is 2.94. The van der Waals surface area contributed by atoms with Crippen LogP contribution in [0, 0.1) is 12.8 Å². The van der Waals surface area contributed by atoms with Crippen LogP contribution in [0.2, 0.25) is 5.15 Å². The summed E-state index contributed by atoms with van der Waals surface area (Å²) in [6, 6.07) is 9.13. The molecule has 152 valence electrons. The van der Waals surface area contributed by atoms with Gasteiger partial charge in [-0.2, -0.15) is 5.10 Å². The first-order chi connectivity index (χ1) is 13.3. The van der Waals surface area contributed by atoms with Crippen molar-refractivity contribution in [3.63, 3.8) is 0 Å². The highest BCUT2D eigenvalue weighted by atomic mass is 35.5. The largest absolute Gasteiger partial charge is 0.450 e. The average molecular weight is 407 g/mol. The van der Waals surface area contributed by atoms with Gasteiger partial charge in [0, 0.05) is 12.6 Å². The van der Waals surface area contributed by atoms with Gasteiger partial charge >= 0.3 is 6.09 Å². The summed E-state index contributed by atoms with van der Waals surface area (Å²) in [7, 11) is 0. The van der Waals surface area contributed by atoms with Crippen LogP contribution < -0.4 is 10.6 Å². The summed E-state index contributed by atoms with van der Waals surface area (Å²) in [6.45, 7) is 8.14. The van der Waals surface area contributed by atoms with Crippen LogP contribution in [0.15, 0.2) is 30.3 Å². The second-order valence-corrected chi connectivity index (χ2v) is 7.26. The number of rotatable bonds is 8. The fourth-order valence-electron chi connectivity index (χ4n) is 2.90. The van der Waals surface area contributed by atoms with Gasteiger partial charge in [-0.05, 0) is 38.3 Å². The van der Waals surface area contributed by atoms with Crippen LogP contribution >= 0.6 is 11.6 Å². The fourth-order valence-corrected chi connectivity index (χ4v) is 3.26. The van der Waals surface area contributed by atoms with E-state index in [-0.39, 0.29) is 23.6 Å². The molecule has 0 aliphatic carbocycles. The summed E-state index contributed by atoms with van der Waals surface area (Å²) in [5.41, 5.74) is 1.63. The van der Waals surface area contributed by atoms with Crippen LogP contribution in [0.5, 0.6) is 0 Å². The van der Waals surface area contributed by atoms with Gasteiger partial charge in [0.05, 0.1) is 23.6 Å². The minimum atomic E-state index is -0.492. The Bertz CT molecular complexity index is 805. The molecule has 2 amide bonds. The zero-order valence-electron chi connectivity index (χ0n) is 16.7. The van der Waals surface area contributed by atoms with Gasteiger partial charge in [-0.15, -0.1) is 0 Å². The van der Waals surface area contributed by atoms with E-state index in [1.54, 1.807) is 13.8 Å². The number of carbonyl (C=O) groups excluding carboxylic acids is 2. The Morgan fingerprint density at radius 2 is 1.93 bits per heavy atom. The van der Waals surface area contributed by atoms with Crippen molar-refractivity contribution in [2.75, 3.05) is 13.2 Å². The van der Waals surface area contributed by atoms with Crippen molar-refractivity contribution in [1.29, 1.82) is 0 Å². The molecule has 0 fully saturated rings. The summed E-state index contributed by atoms with van der Waals surface area (Å²) < 4.78 is 6.47. The topological polar surface area (TPSA) is 85.2 Å². The minimum absolute atomic E-state index is 0.244. The number of aryl methyl sites for hydroxylation is 1. The lowest BCUT2D eigenvalue weighted by molar-refractivity contribution is 0.0944. The lowest BCUT2D eigenvalue weighted by Crippen LogP contribution is -2.44. The van der Waals surface area contributed by atoms with Crippen LogP contribution in [0.25, 0.3) is 5.69 Å². The van der Waals surface area contributed by atoms with Crippen molar-refractivity contribution in [1.82, 2.24) is 20.4 Å². The lowest BCUT2D eigenvalue weighted by Gasteiger charge is -2.20. The lowest BCUT2D eigenvalue weighted by atomic mass is 10.0. The molecule has 1 aromatic carbocycles. The maximum absolute atomic E-state index is 12.7. The number of para-hydroxylation sites is 1. The molecule has 8 heteroatoms. The van der Waals surface area contributed by atoms with E-state index in [9.17, 15) is 9.59 Å². The highest BCUT2D eigenvalue weighted by molar-refractivity contribution is 6.33. The second kappa shape index (κ2) is 10.1. The third-order valence-electron chi connectivity index (χ3n) is 4.09. The maximum atomic E-state index is 12.7. The quantitative estimate of drug-likeness (QED) is 0.699. The molecular weight excluding hydrogens is 380 g/mol. The Morgan fingerprint density at radius 3 is 2.54 bits per heavy atom. The number of halogens is 1. The molecule has 1 heterocycles. The molecule has 2 rings (SSSR count). The van der Waals surface area contributed by atoms with Gasteiger partial charge in [0.1, 0.15) is 5.15 Å². The van der Waals surface area contributed by atoms with Gasteiger partial charge in [0.2, 0.25) is 0 Å². The molecule has 0 bridgehead atoms. The van der Waals surface area contributed by atoms with Gasteiger partial charge in [-0.3, -0.25) is 4.79 Å². The SMILES string of the molecule is CCOC(=O)NC(CNC(=O)c1c(C)nn(-c2ccccc2)c1Cl)CC(C)C. The van der Waals surface area contributed by atoms with Gasteiger partial charge in [0.15, 0.2) is 0 Å². The third kappa shape index (κ3) is 5.73. The second-order valence-electron chi connectivity index (χ2n) is 6.90. The molecular formula is C20H27ClN4O3. The van der Waals surface area contributed by atoms with Crippen LogP contribution in [-0.4, -0.2) is 41.0 Å². The first-order valence-electron chi connectivity index (χ1n) is 9.35. The van der Waals surface area contributed by atoms with Crippen LogP contribution in [0.3, 0.4) is 0 Å². The molecule has 28 heavy (non-hydrogen) atoms. The molecule has 0 aliphatic heterocycles. The number of carbonyl (C=O) groups is 2. The van der Waals surface area contributed by atoms with E-state index in [0.717, 1.165) is 5.69 Å². The Labute approximate surface area is 170 Å². The number of aromatic nitrogens is 2. The molecule has 2 aromatic rings. The molecule has 7 nitrogen and oxygen atoms in total. The third-order valence-corrected chi connectivity index (χ3v) is 4.44. The number of amides is 2. The number of ether oxygens (including phenoxy) is 1. The minimum Gasteiger partial charge on any atom is -0.450 e. The molecule has 1 aromatic heterocycles. The Hall–Kier alpha value is -2.54. The van der Waals surface area contributed by atoms with E-state index in [1.165, 1.54) is 4.68 Å². The molecule has 1 atom stereocenters. The molecule has 0 radical (unpaired) electrons. The van der Waals surface area contributed by atoms with E-state index in [2.05, 4.69) is 15.7 Å². The molecule has 0 saturated heterocycles. The van der Waals surface area contributed by atoms with Gasteiger partial charge in [-0.25, -0.2) is 9.48 Å². The van der Waals surface area contributed by atoms with Crippen LogP contribution in [0.1, 0.15) is 43.2 Å². The first-order valence-corrected chi connectivity index (χ1v) is 9.73. The summed E-state index contributed by atoms with van der Waals surface area (Å²) in [6.07, 6.45) is 0.211. The van der Waals surface area contributed by atoms with Gasteiger partial charge < -0.3 is 15.4 Å². The monoisotopic (exact) mass is 406 g/mol. The highest BCUT2D eigenvalue weighted by Gasteiger charge is 2.22. The summed E-state index contributed by atoms with van der Waals surface area (Å²) in [5, 5.41) is 10.3. The molecule has 1 unspecified atom stereocenters. The number of alkyl carbamates (subject to hydrolysis) is 1. The number of hydrogen-bond acceptors (Lipinski definition) is 4. The Kier molecular flexibility index (Phi) is 7.87. The van der Waals surface area contributed by atoms with Crippen molar-refractivity contribution in [2.45, 2.75) is 40.2 Å². The zero-order valence-corrected chi connectivity index (χ0v) is 17.4. The van der Waals surface area contributed by atoms with Crippen molar-refractivity contribution in [2.24, 2.45) is 5.92 Å². The summed E-state index contributed by atoms with van der Waals surface area (Å²) in [4.78, 5) is 24.5. The molecule has 0 spiro atoms. The van der Waals surface area contributed by atoms with E-state index < -0.39 is 6.09 Å². The van der Waals surface area contributed by atoms with Crippen LogP contribution in [0.4, 0.5) is 4.79 Å². The fraction of sp³-hybridized carbons (Fsp3) is 0.450. The standard InChI is InChI=1S/C20H27ClN4O3/c1-5-28-20(27)23-15(11-13(2)3)12-22-19(26)17-14(4)24-25(18(17)21)16-9-7-6-8-10-16/h6-10,13,15H,5,11-12H2,1-4H3,(H,22,26)(H,23,27). The first kappa shape index (κ1) is 21.8.